The van der Waals surface area contributed by atoms with Gasteiger partial charge in [0.2, 0.25) is 41.4 Å². The smallest absolute Gasteiger partial charge is 0.253 e. The Labute approximate surface area is 542 Å². The molecule has 24 nitrogen and oxygen atoms in total. The summed E-state index contributed by atoms with van der Waals surface area (Å²) in [6, 6.07) is 12.5. The van der Waals surface area contributed by atoms with E-state index in [0.29, 0.717) is 103 Å². The molecule has 0 unspecified atom stereocenters. The molecule has 2 aromatic rings. The lowest BCUT2D eigenvalue weighted by atomic mass is 9.89. The molecule has 1 aliphatic carbocycles. The van der Waals surface area contributed by atoms with E-state index in [-0.39, 0.29) is 117 Å². The first kappa shape index (κ1) is 74.4. The summed E-state index contributed by atoms with van der Waals surface area (Å²) in [5, 5.41) is 20.7. The molecule has 24 heteroatoms. The molecule has 2 saturated heterocycles. The maximum absolute atomic E-state index is 14.9. The fourth-order valence-electron chi connectivity index (χ4n) is 13.0. The van der Waals surface area contributed by atoms with Gasteiger partial charge >= 0.3 is 0 Å². The van der Waals surface area contributed by atoms with Crippen LogP contribution in [-0.4, -0.2) is 220 Å². The molecule has 11 atom stereocenters. The van der Waals surface area contributed by atoms with E-state index in [9.17, 15) is 43.2 Å². The Kier molecular flexibility index (Phi) is 31.1. The number of carbonyl (C=O) groups is 9. The molecule has 3 aliphatic heterocycles. The third-order valence-corrected chi connectivity index (χ3v) is 18.3. The number of fused-ring (bicyclic) bond motifs is 2. The molecule has 9 amide bonds. The highest BCUT2D eigenvalue weighted by Gasteiger charge is 2.52. The number of imide groups is 1. The molecule has 3 fully saturated rings. The largest absolute Gasteiger partial charge is 0.394 e. The summed E-state index contributed by atoms with van der Waals surface area (Å²) >= 11 is 0. The van der Waals surface area contributed by atoms with E-state index in [4.69, 9.17) is 33.5 Å². The molecule has 4 aliphatic rings. The lowest BCUT2D eigenvalue weighted by Crippen LogP contribution is -2.60. The summed E-state index contributed by atoms with van der Waals surface area (Å²) in [5.74, 6) is -4.11. The van der Waals surface area contributed by atoms with Crippen LogP contribution in [0.4, 0.5) is 5.69 Å². The topological polar surface area (TPSA) is 290 Å². The number of nitrogens with one attached hydrogen (secondary N) is 4. The van der Waals surface area contributed by atoms with Crippen molar-refractivity contribution in [1.82, 2.24) is 35.6 Å². The second kappa shape index (κ2) is 38.5. The molecule has 0 radical (unpaired) electrons. The average Bonchev–Trinajstić information content (AvgIpc) is 1.65. The van der Waals surface area contributed by atoms with Crippen LogP contribution >= 0.6 is 0 Å². The SMILES string of the molecule is CC[C@H](C)[C@@H]([C@@H](CC(=O)N1CCC[C@H]1[C@H](OC)[C@@H](C)C(=O)N[C@@H](Cc1ccccc1)C(=O)Nc1ccc(CNC(=O)CCCCCN2C(=O)C=CC2=O)cc1)OC)N(C)C(=O)[C@@H](NC(=O)[C@@H]1[C@H]2CC[C@H](C2)N1C(=O)CCOCCOCCOCCOCCO)C(C)C. The predicted molar refractivity (Wildman–Crippen MR) is 343 cm³/mol. The number of benzene rings is 2. The second-order valence-electron chi connectivity index (χ2n) is 24.9. The molecule has 0 aromatic heterocycles. The molecule has 1 saturated carbocycles. The number of ether oxygens (including phenoxy) is 6. The van der Waals surface area contributed by atoms with Crippen LogP contribution in [0.25, 0.3) is 0 Å². The number of unbranched alkanes of at least 4 members (excludes halogenated alkanes) is 2. The van der Waals surface area contributed by atoms with Crippen LogP contribution in [0.3, 0.4) is 0 Å². The molecule has 510 valence electrons. The minimum Gasteiger partial charge on any atom is -0.394 e. The van der Waals surface area contributed by atoms with Gasteiger partial charge in [0.15, 0.2) is 0 Å². The number of anilines is 1. The standard InChI is InChI=1S/C68H102N8O16/c1-9-46(4)62(73(6)68(86)61(45(2)3)72-67(85)63-50-23-26-52(42-50)76(63)59(81)29-33-89-35-37-91-39-40-92-38-36-90-34-32-77)55(87-7)43-60(82)74-31-16-19-54(74)64(88-8)47(5)65(83)71-53(41-48-17-12-10-13-18-48)66(84)70-51-24-21-49(22-25-51)44-69-56(78)20-14-11-15-30-75-57(79)27-28-58(75)80/h10,12-13,17-18,21-22,24-25,27-28,45-47,50,52-55,61-64,77H,9,11,14-16,19-20,23,26,29-44H2,1-8H3,(H,69,78)(H,70,84)(H,71,83)(H,72,85)/t46-,47+,50-,52+,53-,54-,55+,61-,62-,63-,64+/m0/s1. The van der Waals surface area contributed by atoms with Gasteiger partial charge in [-0.25, -0.2) is 0 Å². The zero-order valence-electron chi connectivity index (χ0n) is 55.3. The van der Waals surface area contributed by atoms with Gasteiger partial charge in [-0.15, -0.1) is 0 Å². The summed E-state index contributed by atoms with van der Waals surface area (Å²) in [6.45, 7) is 13.0. The summed E-state index contributed by atoms with van der Waals surface area (Å²) < 4.78 is 34.1. The minimum absolute atomic E-state index is 0.0374. The number of hydrogen-bond acceptors (Lipinski definition) is 16. The van der Waals surface area contributed by atoms with Crippen molar-refractivity contribution in [2.24, 2.45) is 23.7 Å². The van der Waals surface area contributed by atoms with Crippen LogP contribution in [0, 0.1) is 23.7 Å². The highest BCUT2D eigenvalue weighted by Crippen LogP contribution is 2.43. The molecule has 6 rings (SSSR count). The van der Waals surface area contributed by atoms with Gasteiger partial charge in [0.1, 0.15) is 18.1 Å². The average molecular weight is 1290 g/mol. The highest BCUT2D eigenvalue weighted by atomic mass is 16.6. The summed E-state index contributed by atoms with van der Waals surface area (Å²) in [6.07, 6.45) is 7.53. The molecule has 92 heavy (non-hydrogen) atoms. The maximum Gasteiger partial charge on any atom is 0.253 e. The Morgan fingerprint density at radius 1 is 0.717 bits per heavy atom. The van der Waals surface area contributed by atoms with Crippen LogP contribution in [0.2, 0.25) is 0 Å². The van der Waals surface area contributed by atoms with Gasteiger partial charge in [-0.05, 0) is 86.0 Å². The van der Waals surface area contributed by atoms with Gasteiger partial charge in [-0.1, -0.05) is 89.9 Å². The molecule has 2 bridgehead atoms. The zero-order valence-corrected chi connectivity index (χ0v) is 55.3. The van der Waals surface area contributed by atoms with E-state index in [2.05, 4.69) is 21.3 Å². The zero-order chi connectivity index (χ0) is 66.7. The molecule has 3 heterocycles. The maximum atomic E-state index is 14.9. The summed E-state index contributed by atoms with van der Waals surface area (Å²) in [5.41, 5.74) is 2.12. The number of aliphatic hydroxyl groups is 1. The number of amides is 9. The third-order valence-electron chi connectivity index (χ3n) is 18.3. The van der Waals surface area contributed by atoms with Crippen LogP contribution in [0.5, 0.6) is 0 Å². The van der Waals surface area contributed by atoms with Crippen molar-refractivity contribution in [3.63, 3.8) is 0 Å². The first-order valence-electron chi connectivity index (χ1n) is 33.0. The number of hydrogen-bond donors (Lipinski definition) is 5. The summed E-state index contributed by atoms with van der Waals surface area (Å²) in [4.78, 5) is 129. The number of likely N-dealkylation sites (N-methyl/N-ethyl adjacent to an activating group) is 1. The highest BCUT2D eigenvalue weighted by molar-refractivity contribution is 6.12. The van der Waals surface area contributed by atoms with E-state index in [0.717, 1.165) is 24.0 Å². The Morgan fingerprint density at radius 2 is 1.37 bits per heavy atom. The molecular weight excluding hydrogens is 1180 g/mol. The second-order valence-corrected chi connectivity index (χ2v) is 24.9. The molecule has 0 spiro atoms. The van der Waals surface area contributed by atoms with E-state index < -0.39 is 60.1 Å². The summed E-state index contributed by atoms with van der Waals surface area (Å²) in [7, 11) is 4.72. The number of nitrogens with zero attached hydrogens (tertiary/aromatic N) is 4. The predicted octanol–water partition coefficient (Wildman–Crippen LogP) is 4.34. The number of methoxy groups -OCH3 is 2. The third kappa shape index (κ3) is 21.7. The van der Waals surface area contributed by atoms with E-state index in [1.165, 1.54) is 31.3 Å². The molecule has 2 aromatic carbocycles. The van der Waals surface area contributed by atoms with Crippen molar-refractivity contribution in [3.05, 3.63) is 77.9 Å². The van der Waals surface area contributed by atoms with Crippen LogP contribution in [0.1, 0.15) is 123 Å². The van der Waals surface area contributed by atoms with Crippen molar-refractivity contribution in [2.75, 3.05) is 99.1 Å². The van der Waals surface area contributed by atoms with Crippen molar-refractivity contribution in [2.45, 2.75) is 173 Å². The quantitative estimate of drug-likeness (QED) is 0.0456. The van der Waals surface area contributed by atoms with Gasteiger partial charge in [-0.3, -0.25) is 48.1 Å². The Hall–Kier alpha value is -6.67. The van der Waals surface area contributed by atoms with E-state index in [1.807, 2.05) is 58.0 Å². The number of likely N-dealkylation sites (tertiary alicyclic amines) is 2. The minimum atomic E-state index is -1.000. The number of carbonyl (C=O) groups excluding carboxylic acids is 9. The van der Waals surface area contributed by atoms with Crippen LogP contribution in [0.15, 0.2) is 66.7 Å². The Morgan fingerprint density at radius 3 is 1.99 bits per heavy atom. The van der Waals surface area contributed by atoms with Gasteiger partial charge in [0.25, 0.3) is 11.8 Å². The van der Waals surface area contributed by atoms with Crippen molar-refractivity contribution < 1.29 is 76.7 Å². The van der Waals surface area contributed by atoms with E-state index >= 15 is 0 Å². The van der Waals surface area contributed by atoms with Gasteiger partial charge in [0.05, 0.1) is 103 Å². The van der Waals surface area contributed by atoms with Gasteiger partial charge in [-0.2, -0.15) is 0 Å². The van der Waals surface area contributed by atoms with Crippen molar-refractivity contribution in [3.8, 4) is 0 Å². The van der Waals surface area contributed by atoms with Crippen LogP contribution < -0.4 is 21.3 Å². The monoisotopic (exact) mass is 1290 g/mol. The fourth-order valence-corrected chi connectivity index (χ4v) is 13.0. The lowest BCUT2D eigenvalue weighted by Gasteiger charge is -2.41. The van der Waals surface area contributed by atoms with Crippen LogP contribution in [-0.2, 0) is 84.5 Å². The normalized spacial score (nSPS) is 20.0. The number of piperidine rings is 1. The van der Waals surface area contributed by atoms with Gasteiger partial charge in [0, 0.05) is 77.6 Å². The number of aliphatic hydroxyl groups excluding tert-OH is 1. The van der Waals surface area contributed by atoms with E-state index in [1.54, 1.807) is 52.9 Å². The Balaban J connectivity index is 1.02. The lowest BCUT2D eigenvalue weighted by molar-refractivity contribution is -0.149. The first-order chi connectivity index (χ1) is 44.3. The first-order valence-corrected chi connectivity index (χ1v) is 33.0. The molecular formula is C68H102N8O16. The van der Waals surface area contributed by atoms with Gasteiger partial charge < -0.3 is 69.5 Å². The Bertz CT molecular complexity index is 2720. The van der Waals surface area contributed by atoms with Crippen molar-refractivity contribution >= 4 is 58.9 Å². The number of rotatable bonds is 42. The molecule has 5 N–H and O–H groups in total. The van der Waals surface area contributed by atoms with Crippen molar-refractivity contribution in [1.29, 1.82) is 0 Å². The fraction of sp³-hybridized carbons (Fsp3) is 0.662.